The third-order valence-electron chi connectivity index (χ3n) is 2.46. The van der Waals surface area contributed by atoms with E-state index in [0.29, 0.717) is 0 Å². The van der Waals surface area contributed by atoms with Gasteiger partial charge in [-0.3, -0.25) is 0 Å². The Balaban J connectivity index is 2.54. The molecule has 0 fully saturated rings. The average Bonchev–Trinajstić information content (AvgIpc) is 2.33. The lowest BCUT2D eigenvalue weighted by Gasteiger charge is -2.06. The first kappa shape index (κ1) is 12.3. The predicted octanol–water partition coefficient (Wildman–Crippen LogP) is 1.51. The summed E-state index contributed by atoms with van der Waals surface area (Å²) in [6.07, 6.45) is 0. The fourth-order valence-corrected chi connectivity index (χ4v) is 2.73. The molecular weight excluding hydrogens is 254 g/mol. The molecule has 6 heteroatoms. The molecule has 0 bridgehead atoms. The van der Waals surface area contributed by atoms with E-state index in [9.17, 15) is 13.5 Å². The molecule has 2 rings (SSSR count). The van der Waals surface area contributed by atoms with Crippen molar-refractivity contribution in [3.8, 4) is 11.5 Å². The highest BCUT2D eigenvalue weighted by atomic mass is 32.2. The molecular formula is C12H11NO4S. The highest BCUT2D eigenvalue weighted by Gasteiger charge is 2.18. The van der Waals surface area contributed by atoms with Crippen LogP contribution < -0.4 is 5.73 Å². The van der Waals surface area contributed by atoms with Gasteiger partial charge >= 0.3 is 0 Å². The molecule has 2 aromatic rings. The fourth-order valence-electron chi connectivity index (χ4n) is 1.45. The van der Waals surface area contributed by atoms with E-state index in [-0.39, 0.29) is 27.0 Å². The zero-order valence-electron chi connectivity index (χ0n) is 9.24. The van der Waals surface area contributed by atoms with E-state index in [1.807, 2.05) is 0 Å². The van der Waals surface area contributed by atoms with Crippen LogP contribution in [0.15, 0.2) is 52.3 Å². The lowest BCUT2D eigenvalue weighted by Crippen LogP contribution is -2.02. The van der Waals surface area contributed by atoms with Crippen molar-refractivity contribution >= 4 is 15.5 Å². The first-order valence-electron chi connectivity index (χ1n) is 5.04. The number of rotatable bonds is 2. The zero-order chi connectivity index (χ0) is 13.3. The summed E-state index contributed by atoms with van der Waals surface area (Å²) in [5.74, 6) is -0.302. The van der Waals surface area contributed by atoms with Crippen LogP contribution in [0.25, 0.3) is 0 Å². The van der Waals surface area contributed by atoms with Crippen LogP contribution in [-0.2, 0) is 9.84 Å². The SMILES string of the molecule is Nc1ccc(S(=O)(=O)c2ccc(O)cc2)cc1O. The van der Waals surface area contributed by atoms with Gasteiger partial charge in [0, 0.05) is 6.07 Å². The molecule has 0 saturated heterocycles. The topological polar surface area (TPSA) is 101 Å². The number of sulfone groups is 1. The van der Waals surface area contributed by atoms with E-state index in [4.69, 9.17) is 10.8 Å². The maximum Gasteiger partial charge on any atom is 0.206 e. The van der Waals surface area contributed by atoms with Crippen molar-refractivity contribution in [2.24, 2.45) is 0 Å². The highest BCUT2D eigenvalue weighted by Crippen LogP contribution is 2.28. The Bertz CT molecular complexity index is 678. The zero-order valence-corrected chi connectivity index (χ0v) is 10.1. The Morgan fingerprint density at radius 3 is 2.00 bits per heavy atom. The second-order valence-corrected chi connectivity index (χ2v) is 5.67. The van der Waals surface area contributed by atoms with Gasteiger partial charge in [-0.2, -0.15) is 0 Å². The van der Waals surface area contributed by atoms with Gasteiger partial charge in [0.05, 0.1) is 15.5 Å². The summed E-state index contributed by atoms with van der Waals surface area (Å²) < 4.78 is 24.4. The maximum atomic E-state index is 12.2. The number of phenolic OH excluding ortho intramolecular Hbond substituents is 2. The molecule has 2 aromatic carbocycles. The van der Waals surface area contributed by atoms with Gasteiger partial charge in [-0.25, -0.2) is 8.42 Å². The van der Waals surface area contributed by atoms with Gasteiger partial charge < -0.3 is 15.9 Å². The molecule has 94 valence electrons. The Kier molecular flexibility index (Phi) is 2.88. The molecule has 0 saturated carbocycles. The number of phenols is 2. The van der Waals surface area contributed by atoms with Gasteiger partial charge in [0.25, 0.3) is 0 Å². The van der Waals surface area contributed by atoms with Crippen molar-refractivity contribution < 1.29 is 18.6 Å². The standard InChI is InChI=1S/C12H11NO4S/c13-11-6-5-10(7-12(11)15)18(16,17)9-3-1-8(14)2-4-9/h1-7,14-15H,13H2. The largest absolute Gasteiger partial charge is 0.508 e. The summed E-state index contributed by atoms with van der Waals surface area (Å²) in [6.45, 7) is 0. The van der Waals surface area contributed by atoms with Crippen molar-refractivity contribution in [3.63, 3.8) is 0 Å². The molecule has 4 N–H and O–H groups in total. The predicted molar refractivity (Wildman–Crippen MR) is 66.1 cm³/mol. The quantitative estimate of drug-likeness (QED) is 0.564. The Morgan fingerprint density at radius 1 is 0.889 bits per heavy atom. The third-order valence-corrected chi connectivity index (χ3v) is 4.23. The van der Waals surface area contributed by atoms with Crippen molar-refractivity contribution in [1.82, 2.24) is 0 Å². The molecule has 0 radical (unpaired) electrons. The summed E-state index contributed by atoms with van der Waals surface area (Å²) in [4.78, 5) is -0.0237. The van der Waals surface area contributed by atoms with Gasteiger partial charge in [-0.05, 0) is 36.4 Å². The number of aromatic hydroxyl groups is 2. The first-order chi connectivity index (χ1) is 8.41. The van der Waals surface area contributed by atoms with Gasteiger partial charge in [0.2, 0.25) is 9.84 Å². The number of benzene rings is 2. The van der Waals surface area contributed by atoms with E-state index in [1.54, 1.807) is 0 Å². The molecule has 0 aliphatic rings. The minimum atomic E-state index is -3.72. The van der Waals surface area contributed by atoms with Crippen molar-refractivity contribution in [2.75, 3.05) is 5.73 Å². The minimum absolute atomic E-state index is 0.0193. The van der Waals surface area contributed by atoms with Crippen LogP contribution in [0.2, 0.25) is 0 Å². The van der Waals surface area contributed by atoms with Gasteiger partial charge in [-0.15, -0.1) is 0 Å². The summed E-state index contributed by atoms with van der Waals surface area (Å²) in [7, 11) is -3.72. The second kappa shape index (κ2) is 4.23. The Hall–Kier alpha value is -2.21. The highest BCUT2D eigenvalue weighted by molar-refractivity contribution is 7.91. The van der Waals surface area contributed by atoms with Crippen LogP contribution in [0.4, 0.5) is 5.69 Å². The summed E-state index contributed by atoms with van der Waals surface area (Å²) in [5.41, 5.74) is 5.52. The van der Waals surface area contributed by atoms with Gasteiger partial charge in [0.15, 0.2) is 0 Å². The van der Waals surface area contributed by atoms with E-state index in [0.717, 1.165) is 6.07 Å². The number of hydrogen-bond donors (Lipinski definition) is 3. The van der Waals surface area contributed by atoms with Crippen LogP contribution in [0.1, 0.15) is 0 Å². The first-order valence-corrected chi connectivity index (χ1v) is 6.52. The smallest absolute Gasteiger partial charge is 0.206 e. The molecule has 5 nitrogen and oxygen atoms in total. The Morgan fingerprint density at radius 2 is 1.44 bits per heavy atom. The number of anilines is 1. The summed E-state index contributed by atoms with van der Waals surface area (Å²) in [6, 6.07) is 8.88. The van der Waals surface area contributed by atoms with E-state index >= 15 is 0 Å². The Labute approximate surface area is 104 Å². The second-order valence-electron chi connectivity index (χ2n) is 3.72. The molecule has 0 aromatic heterocycles. The molecule has 18 heavy (non-hydrogen) atoms. The van der Waals surface area contributed by atoms with Crippen LogP contribution in [0.5, 0.6) is 11.5 Å². The lowest BCUT2D eigenvalue weighted by molar-refractivity contribution is 0.474. The van der Waals surface area contributed by atoms with Gasteiger partial charge in [0.1, 0.15) is 11.5 Å². The number of nitrogens with two attached hydrogens (primary N) is 1. The van der Waals surface area contributed by atoms with E-state index in [1.165, 1.54) is 36.4 Å². The summed E-state index contributed by atoms with van der Waals surface area (Å²) in [5, 5.41) is 18.5. The molecule has 0 unspecified atom stereocenters. The summed E-state index contributed by atoms with van der Waals surface area (Å²) >= 11 is 0. The van der Waals surface area contributed by atoms with Crippen molar-refractivity contribution in [1.29, 1.82) is 0 Å². The third kappa shape index (κ3) is 2.10. The van der Waals surface area contributed by atoms with Crippen LogP contribution in [0, 0.1) is 0 Å². The molecule has 0 aliphatic carbocycles. The van der Waals surface area contributed by atoms with Crippen LogP contribution >= 0.6 is 0 Å². The minimum Gasteiger partial charge on any atom is -0.508 e. The van der Waals surface area contributed by atoms with Crippen molar-refractivity contribution in [3.05, 3.63) is 42.5 Å². The monoisotopic (exact) mass is 265 g/mol. The van der Waals surface area contributed by atoms with Gasteiger partial charge in [-0.1, -0.05) is 0 Å². The molecule has 0 atom stereocenters. The molecule has 0 amide bonds. The normalized spacial score (nSPS) is 11.3. The lowest BCUT2D eigenvalue weighted by atomic mass is 10.3. The molecule has 0 heterocycles. The fraction of sp³-hybridized carbons (Fsp3) is 0. The number of nitrogen functional groups attached to an aromatic ring is 1. The molecule has 0 spiro atoms. The number of hydrogen-bond acceptors (Lipinski definition) is 5. The average molecular weight is 265 g/mol. The van der Waals surface area contributed by atoms with Crippen molar-refractivity contribution in [2.45, 2.75) is 9.79 Å². The van der Waals surface area contributed by atoms with Crippen LogP contribution in [-0.4, -0.2) is 18.6 Å². The van der Waals surface area contributed by atoms with E-state index < -0.39 is 9.84 Å². The molecule has 0 aliphatic heterocycles. The van der Waals surface area contributed by atoms with Crippen LogP contribution in [0.3, 0.4) is 0 Å². The maximum absolute atomic E-state index is 12.2. The van der Waals surface area contributed by atoms with E-state index in [2.05, 4.69) is 0 Å².